The molecule has 4 aliphatic carbocycles. The van der Waals surface area contributed by atoms with Crippen LogP contribution in [-0.2, 0) is 6.42 Å². The molecule has 0 radical (unpaired) electrons. The Morgan fingerprint density at radius 2 is 1.74 bits per heavy atom. The second-order valence-electron chi connectivity index (χ2n) is 7.09. The third-order valence-corrected chi connectivity index (χ3v) is 5.77. The number of hydrogen-bond acceptors (Lipinski definition) is 4. The first-order valence-corrected chi connectivity index (χ1v) is 7.73. The molecule has 0 aliphatic heterocycles. The normalized spacial score (nSPS) is 41.7. The molecule has 104 valence electrons. The average Bonchev–Trinajstić information content (AvgIpc) is 2.73. The molecule has 2 N–H and O–H groups in total. The van der Waals surface area contributed by atoms with Gasteiger partial charge in [0, 0.05) is 19.4 Å². The van der Waals surface area contributed by atoms with Gasteiger partial charge in [-0.15, -0.1) is 10.2 Å². The van der Waals surface area contributed by atoms with Gasteiger partial charge in [0.25, 0.3) is 0 Å². The van der Waals surface area contributed by atoms with Crippen molar-refractivity contribution in [3.05, 3.63) is 11.8 Å². The fourth-order valence-corrected chi connectivity index (χ4v) is 5.42. The van der Waals surface area contributed by atoms with Crippen molar-refractivity contribution in [1.82, 2.24) is 10.2 Å². The highest BCUT2D eigenvalue weighted by Gasteiger charge is 2.49. The minimum atomic E-state index is 0.204. The molecule has 0 saturated heterocycles. The lowest BCUT2D eigenvalue weighted by molar-refractivity contribution is -0.0471. The molecule has 4 saturated carbocycles. The van der Waals surface area contributed by atoms with Crippen molar-refractivity contribution < 1.29 is 4.42 Å². The van der Waals surface area contributed by atoms with Crippen molar-refractivity contribution in [2.24, 2.45) is 35.3 Å². The molecule has 19 heavy (non-hydrogen) atoms. The zero-order chi connectivity index (χ0) is 13.0. The summed E-state index contributed by atoms with van der Waals surface area (Å²) in [6.45, 7) is 1.84. The number of hydrogen-bond donors (Lipinski definition) is 1. The monoisotopic (exact) mass is 261 g/mol. The van der Waals surface area contributed by atoms with Gasteiger partial charge in [0.05, 0.1) is 0 Å². The third kappa shape index (κ3) is 2.00. The van der Waals surface area contributed by atoms with Gasteiger partial charge in [-0.2, -0.15) is 0 Å². The molecule has 1 aromatic heterocycles. The zero-order valence-electron chi connectivity index (χ0n) is 11.6. The first kappa shape index (κ1) is 11.9. The maximum atomic E-state index is 6.51. The Bertz CT molecular complexity index is 442. The fraction of sp³-hybridized carbons (Fsp3) is 0.867. The fourth-order valence-electron chi connectivity index (χ4n) is 5.42. The van der Waals surface area contributed by atoms with Gasteiger partial charge in [0.15, 0.2) is 0 Å². The Labute approximate surface area is 114 Å². The SMILES string of the molecule is Cc1nnc(CC(N)C2C3CC4CC(C3)CC2C4)o1. The summed E-state index contributed by atoms with van der Waals surface area (Å²) < 4.78 is 5.49. The van der Waals surface area contributed by atoms with E-state index in [0.717, 1.165) is 36.0 Å². The Morgan fingerprint density at radius 1 is 1.11 bits per heavy atom. The number of nitrogens with two attached hydrogens (primary N) is 1. The van der Waals surface area contributed by atoms with E-state index >= 15 is 0 Å². The van der Waals surface area contributed by atoms with Crippen LogP contribution in [0.15, 0.2) is 4.42 Å². The summed E-state index contributed by atoms with van der Waals surface area (Å²) in [5, 5.41) is 8.01. The Balaban J connectivity index is 1.49. The molecule has 4 nitrogen and oxygen atoms in total. The van der Waals surface area contributed by atoms with Crippen LogP contribution >= 0.6 is 0 Å². The standard InChI is InChI=1S/C15H23N3O/c1-8-17-18-14(19-8)7-13(16)15-11-3-9-2-10(5-11)6-12(15)4-9/h9-13,15H,2-7,16H2,1H3. The zero-order valence-corrected chi connectivity index (χ0v) is 11.6. The quantitative estimate of drug-likeness (QED) is 0.907. The molecular formula is C15H23N3O. The van der Waals surface area contributed by atoms with Gasteiger partial charge in [0.2, 0.25) is 11.8 Å². The van der Waals surface area contributed by atoms with E-state index in [1.165, 1.54) is 32.1 Å². The van der Waals surface area contributed by atoms with Crippen LogP contribution in [0, 0.1) is 36.5 Å². The molecule has 0 spiro atoms. The number of nitrogens with zero attached hydrogens (tertiary/aromatic N) is 2. The van der Waals surface area contributed by atoms with E-state index in [4.69, 9.17) is 10.2 Å². The van der Waals surface area contributed by atoms with Gasteiger partial charge < -0.3 is 10.2 Å². The number of aromatic nitrogens is 2. The maximum absolute atomic E-state index is 6.51. The minimum absolute atomic E-state index is 0.204. The predicted octanol–water partition coefficient (Wildman–Crippen LogP) is 2.32. The highest BCUT2D eigenvalue weighted by Crippen LogP contribution is 2.57. The lowest BCUT2D eigenvalue weighted by Gasteiger charge is -2.56. The lowest BCUT2D eigenvalue weighted by Crippen LogP contribution is -2.52. The van der Waals surface area contributed by atoms with Crippen LogP contribution in [0.5, 0.6) is 0 Å². The summed E-state index contributed by atoms with van der Waals surface area (Å²) in [6.07, 6.45) is 7.95. The molecule has 1 aromatic rings. The van der Waals surface area contributed by atoms with Crippen molar-refractivity contribution in [3.63, 3.8) is 0 Å². The van der Waals surface area contributed by atoms with Gasteiger partial charge in [-0.05, 0) is 61.7 Å². The van der Waals surface area contributed by atoms with Gasteiger partial charge in [-0.3, -0.25) is 0 Å². The van der Waals surface area contributed by atoms with E-state index < -0.39 is 0 Å². The van der Waals surface area contributed by atoms with Crippen LogP contribution in [0.25, 0.3) is 0 Å². The molecule has 4 bridgehead atoms. The maximum Gasteiger partial charge on any atom is 0.218 e. The van der Waals surface area contributed by atoms with Crippen LogP contribution in [-0.4, -0.2) is 16.2 Å². The van der Waals surface area contributed by atoms with Crippen LogP contribution in [0.2, 0.25) is 0 Å². The summed E-state index contributed by atoms with van der Waals surface area (Å²) in [4.78, 5) is 0. The molecule has 1 atom stereocenters. The summed E-state index contributed by atoms with van der Waals surface area (Å²) in [5.41, 5.74) is 6.51. The second kappa shape index (κ2) is 4.30. The van der Waals surface area contributed by atoms with E-state index in [-0.39, 0.29) is 6.04 Å². The second-order valence-corrected chi connectivity index (χ2v) is 7.09. The molecule has 4 heteroatoms. The van der Waals surface area contributed by atoms with Gasteiger partial charge >= 0.3 is 0 Å². The first-order valence-electron chi connectivity index (χ1n) is 7.73. The summed E-state index contributed by atoms with van der Waals surface area (Å²) in [6, 6.07) is 0.204. The molecule has 4 aliphatic rings. The Hall–Kier alpha value is -0.900. The van der Waals surface area contributed by atoms with Gasteiger partial charge in [-0.1, -0.05) is 0 Å². The summed E-state index contributed by atoms with van der Waals surface area (Å²) in [7, 11) is 0. The average molecular weight is 261 g/mol. The molecule has 0 aromatic carbocycles. The van der Waals surface area contributed by atoms with Crippen LogP contribution in [0.3, 0.4) is 0 Å². The van der Waals surface area contributed by atoms with E-state index in [1.54, 1.807) is 0 Å². The van der Waals surface area contributed by atoms with Crippen molar-refractivity contribution in [2.45, 2.75) is 51.5 Å². The van der Waals surface area contributed by atoms with E-state index in [9.17, 15) is 0 Å². The minimum Gasteiger partial charge on any atom is -0.426 e. The first-order chi connectivity index (χ1) is 9.19. The predicted molar refractivity (Wildman–Crippen MR) is 71.2 cm³/mol. The van der Waals surface area contributed by atoms with Crippen LogP contribution < -0.4 is 5.73 Å². The van der Waals surface area contributed by atoms with Crippen molar-refractivity contribution in [2.75, 3.05) is 0 Å². The highest BCUT2D eigenvalue weighted by molar-refractivity contribution is 5.02. The van der Waals surface area contributed by atoms with Crippen LogP contribution in [0.4, 0.5) is 0 Å². The highest BCUT2D eigenvalue weighted by atomic mass is 16.4. The third-order valence-electron chi connectivity index (χ3n) is 5.77. The molecule has 1 heterocycles. The Morgan fingerprint density at radius 3 is 2.26 bits per heavy atom. The number of rotatable bonds is 3. The van der Waals surface area contributed by atoms with E-state index in [1.807, 2.05) is 6.92 Å². The van der Waals surface area contributed by atoms with Crippen molar-refractivity contribution in [3.8, 4) is 0 Å². The summed E-state index contributed by atoms with van der Waals surface area (Å²) >= 11 is 0. The molecule has 4 fully saturated rings. The smallest absolute Gasteiger partial charge is 0.218 e. The molecular weight excluding hydrogens is 238 g/mol. The molecule has 1 unspecified atom stereocenters. The van der Waals surface area contributed by atoms with Crippen LogP contribution in [0.1, 0.15) is 43.9 Å². The lowest BCUT2D eigenvalue weighted by atomic mass is 9.50. The van der Waals surface area contributed by atoms with E-state index in [0.29, 0.717) is 11.8 Å². The molecule has 0 amide bonds. The van der Waals surface area contributed by atoms with Gasteiger partial charge in [0.1, 0.15) is 0 Å². The van der Waals surface area contributed by atoms with E-state index in [2.05, 4.69) is 10.2 Å². The topological polar surface area (TPSA) is 64.9 Å². The van der Waals surface area contributed by atoms with Crippen molar-refractivity contribution >= 4 is 0 Å². The summed E-state index contributed by atoms with van der Waals surface area (Å²) in [5.74, 6) is 5.82. The Kier molecular flexibility index (Phi) is 2.69. The number of aryl methyl sites for hydroxylation is 1. The van der Waals surface area contributed by atoms with Gasteiger partial charge in [-0.25, -0.2) is 0 Å². The molecule has 5 rings (SSSR count). The largest absolute Gasteiger partial charge is 0.426 e. The van der Waals surface area contributed by atoms with Crippen molar-refractivity contribution in [1.29, 1.82) is 0 Å².